The highest BCUT2D eigenvalue weighted by atomic mass is 16.5. The molecule has 1 unspecified atom stereocenters. The number of aryl methyl sites for hydroxylation is 1. The molecule has 1 atom stereocenters. The number of ether oxygens (including phenoxy) is 1. The molecule has 2 aromatic rings. The third-order valence-electron chi connectivity index (χ3n) is 2.99. The van der Waals surface area contributed by atoms with Gasteiger partial charge in [0.05, 0.1) is 7.11 Å². The number of nitrogens with two attached hydrogens (primary N) is 1. The van der Waals surface area contributed by atoms with Crippen LogP contribution in [0.2, 0.25) is 0 Å². The van der Waals surface area contributed by atoms with E-state index >= 15 is 0 Å². The number of hydrogen-bond donors (Lipinski definition) is 1. The number of pyridine rings is 1. The predicted octanol–water partition coefficient (Wildman–Crippen LogP) is 2.64. The first kappa shape index (κ1) is 12.6. The number of aromatic nitrogens is 1. The Balaban J connectivity index is 2.21. The van der Waals surface area contributed by atoms with E-state index in [0.717, 1.165) is 23.3 Å². The Bertz CT molecular complexity index is 511. The van der Waals surface area contributed by atoms with Gasteiger partial charge in [-0.3, -0.25) is 4.98 Å². The van der Waals surface area contributed by atoms with Gasteiger partial charge < -0.3 is 10.5 Å². The first-order chi connectivity index (χ1) is 8.70. The molecule has 1 aromatic carbocycles. The van der Waals surface area contributed by atoms with Gasteiger partial charge in [-0.05, 0) is 36.6 Å². The molecule has 94 valence electrons. The van der Waals surface area contributed by atoms with Gasteiger partial charge in [0.1, 0.15) is 5.75 Å². The number of methoxy groups -OCH3 is 1. The van der Waals surface area contributed by atoms with E-state index in [1.165, 1.54) is 5.56 Å². The van der Waals surface area contributed by atoms with E-state index in [4.69, 9.17) is 10.5 Å². The highest BCUT2D eigenvalue weighted by Gasteiger charge is 2.11. The Hall–Kier alpha value is -1.87. The standard InChI is InChI=1S/C15H18N2O/c1-11-5-6-15(18-2)13(8-11)9-14(16)12-4-3-7-17-10-12/h3-8,10,14H,9,16H2,1-2H3. The van der Waals surface area contributed by atoms with Crippen LogP contribution in [0.3, 0.4) is 0 Å². The fraction of sp³-hybridized carbons (Fsp3) is 0.267. The van der Waals surface area contributed by atoms with Crippen molar-refractivity contribution >= 4 is 0 Å². The molecule has 0 aliphatic carbocycles. The van der Waals surface area contributed by atoms with Gasteiger partial charge in [0.25, 0.3) is 0 Å². The normalized spacial score (nSPS) is 12.2. The van der Waals surface area contributed by atoms with Gasteiger partial charge in [0.15, 0.2) is 0 Å². The summed E-state index contributed by atoms with van der Waals surface area (Å²) in [5.74, 6) is 0.889. The lowest BCUT2D eigenvalue weighted by Crippen LogP contribution is -2.14. The summed E-state index contributed by atoms with van der Waals surface area (Å²) in [6.45, 7) is 2.07. The molecule has 0 radical (unpaired) electrons. The minimum atomic E-state index is -0.0607. The maximum absolute atomic E-state index is 6.21. The van der Waals surface area contributed by atoms with Crippen LogP contribution in [0.1, 0.15) is 22.7 Å². The minimum absolute atomic E-state index is 0.0607. The summed E-state index contributed by atoms with van der Waals surface area (Å²) < 4.78 is 5.37. The molecule has 2 rings (SSSR count). The van der Waals surface area contributed by atoms with Crippen LogP contribution >= 0.6 is 0 Å². The second kappa shape index (κ2) is 5.65. The third-order valence-corrected chi connectivity index (χ3v) is 2.99. The third kappa shape index (κ3) is 2.87. The molecule has 3 nitrogen and oxygen atoms in total. The molecule has 0 spiro atoms. The van der Waals surface area contributed by atoms with Crippen LogP contribution in [0.25, 0.3) is 0 Å². The second-order valence-electron chi connectivity index (χ2n) is 4.41. The van der Waals surface area contributed by atoms with E-state index in [2.05, 4.69) is 18.0 Å². The fourth-order valence-corrected chi connectivity index (χ4v) is 2.02. The molecule has 0 aliphatic heterocycles. The summed E-state index contributed by atoms with van der Waals surface area (Å²) in [4.78, 5) is 4.10. The van der Waals surface area contributed by atoms with E-state index < -0.39 is 0 Å². The van der Waals surface area contributed by atoms with Crippen molar-refractivity contribution in [2.45, 2.75) is 19.4 Å². The molecule has 2 N–H and O–H groups in total. The van der Waals surface area contributed by atoms with Crippen molar-refractivity contribution in [1.29, 1.82) is 0 Å². The van der Waals surface area contributed by atoms with Crippen LogP contribution in [0.5, 0.6) is 5.75 Å². The summed E-state index contributed by atoms with van der Waals surface area (Å²) in [5, 5.41) is 0. The predicted molar refractivity (Wildman–Crippen MR) is 72.6 cm³/mol. The number of hydrogen-bond acceptors (Lipinski definition) is 3. The maximum atomic E-state index is 6.21. The van der Waals surface area contributed by atoms with Crippen LogP contribution in [-0.2, 0) is 6.42 Å². The van der Waals surface area contributed by atoms with Gasteiger partial charge in [-0.1, -0.05) is 23.8 Å². The van der Waals surface area contributed by atoms with Crippen LogP contribution < -0.4 is 10.5 Å². The van der Waals surface area contributed by atoms with Gasteiger partial charge in [-0.15, -0.1) is 0 Å². The summed E-state index contributed by atoms with van der Waals surface area (Å²) in [7, 11) is 1.68. The number of nitrogens with zero attached hydrogens (tertiary/aromatic N) is 1. The zero-order valence-corrected chi connectivity index (χ0v) is 10.8. The Morgan fingerprint density at radius 3 is 2.83 bits per heavy atom. The van der Waals surface area contributed by atoms with E-state index in [1.807, 2.05) is 30.5 Å². The van der Waals surface area contributed by atoms with Crippen molar-refractivity contribution in [1.82, 2.24) is 4.98 Å². The summed E-state index contributed by atoms with van der Waals surface area (Å²) in [6, 6.07) is 9.99. The van der Waals surface area contributed by atoms with Crippen molar-refractivity contribution in [3.8, 4) is 5.75 Å². The zero-order valence-electron chi connectivity index (χ0n) is 10.8. The largest absolute Gasteiger partial charge is 0.496 e. The molecule has 0 aliphatic rings. The maximum Gasteiger partial charge on any atom is 0.122 e. The van der Waals surface area contributed by atoms with Crippen molar-refractivity contribution in [3.63, 3.8) is 0 Å². The molecule has 3 heteroatoms. The highest BCUT2D eigenvalue weighted by molar-refractivity contribution is 5.38. The van der Waals surface area contributed by atoms with E-state index in [9.17, 15) is 0 Å². The first-order valence-corrected chi connectivity index (χ1v) is 5.99. The van der Waals surface area contributed by atoms with Gasteiger partial charge in [0.2, 0.25) is 0 Å². The first-order valence-electron chi connectivity index (χ1n) is 5.99. The van der Waals surface area contributed by atoms with Crippen LogP contribution in [0, 0.1) is 6.92 Å². The molecular formula is C15H18N2O. The van der Waals surface area contributed by atoms with Crippen molar-refractivity contribution < 1.29 is 4.74 Å². The Morgan fingerprint density at radius 1 is 1.33 bits per heavy atom. The lowest BCUT2D eigenvalue weighted by Gasteiger charge is -2.15. The molecule has 0 fully saturated rings. The summed E-state index contributed by atoms with van der Waals surface area (Å²) in [6.07, 6.45) is 4.31. The monoisotopic (exact) mass is 242 g/mol. The number of benzene rings is 1. The fourth-order valence-electron chi connectivity index (χ4n) is 2.02. The molecule has 1 aromatic heterocycles. The van der Waals surface area contributed by atoms with Gasteiger partial charge in [-0.25, -0.2) is 0 Å². The topological polar surface area (TPSA) is 48.1 Å². The van der Waals surface area contributed by atoms with Gasteiger partial charge in [0, 0.05) is 18.4 Å². The molecule has 0 amide bonds. The Morgan fingerprint density at radius 2 is 2.17 bits per heavy atom. The molecule has 1 heterocycles. The lowest BCUT2D eigenvalue weighted by atomic mass is 9.99. The molecular weight excluding hydrogens is 224 g/mol. The number of rotatable bonds is 4. The van der Waals surface area contributed by atoms with Crippen molar-refractivity contribution in [3.05, 3.63) is 59.4 Å². The minimum Gasteiger partial charge on any atom is -0.496 e. The Labute approximate surface area is 108 Å². The summed E-state index contributed by atoms with van der Waals surface area (Å²) >= 11 is 0. The van der Waals surface area contributed by atoms with Crippen LogP contribution in [-0.4, -0.2) is 12.1 Å². The second-order valence-corrected chi connectivity index (χ2v) is 4.41. The van der Waals surface area contributed by atoms with Crippen LogP contribution in [0.4, 0.5) is 0 Å². The molecule has 0 saturated heterocycles. The zero-order chi connectivity index (χ0) is 13.0. The lowest BCUT2D eigenvalue weighted by molar-refractivity contribution is 0.408. The molecule has 18 heavy (non-hydrogen) atoms. The van der Waals surface area contributed by atoms with E-state index in [1.54, 1.807) is 13.3 Å². The van der Waals surface area contributed by atoms with Gasteiger partial charge >= 0.3 is 0 Å². The SMILES string of the molecule is COc1ccc(C)cc1CC(N)c1cccnc1. The van der Waals surface area contributed by atoms with E-state index in [0.29, 0.717) is 0 Å². The quantitative estimate of drug-likeness (QED) is 0.896. The van der Waals surface area contributed by atoms with Crippen LogP contribution in [0.15, 0.2) is 42.7 Å². The summed E-state index contributed by atoms with van der Waals surface area (Å²) in [5.41, 5.74) is 9.59. The van der Waals surface area contributed by atoms with E-state index in [-0.39, 0.29) is 6.04 Å². The van der Waals surface area contributed by atoms with Crippen molar-refractivity contribution in [2.75, 3.05) is 7.11 Å². The smallest absolute Gasteiger partial charge is 0.122 e. The Kier molecular flexibility index (Phi) is 3.95. The molecule has 0 saturated carbocycles. The van der Waals surface area contributed by atoms with Gasteiger partial charge in [-0.2, -0.15) is 0 Å². The average molecular weight is 242 g/mol. The molecule has 0 bridgehead atoms. The van der Waals surface area contributed by atoms with Crippen molar-refractivity contribution in [2.24, 2.45) is 5.73 Å². The average Bonchev–Trinajstić information content (AvgIpc) is 2.40. The highest BCUT2D eigenvalue weighted by Crippen LogP contribution is 2.24.